The lowest BCUT2D eigenvalue weighted by molar-refractivity contribution is 0.552. The van der Waals surface area contributed by atoms with Gasteiger partial charge in [0.2, 0.25) is 0 Å². The monoisotopic (exact) mass is 319 g/mol. The summed E-state index contributed by atoms with van der Waals surface area (Å²) in [6.45, 7) is 2.73. The summed E-state index contributed by atoms with van der Waals surface area (Å²) in [4.78, 5) is 7.92. The Morgan fingerprint density at radius 1 is 1.19 bits per heavy atom. The zero-order valence-corrected chi connectivity index (χ0v) is 13.0. The van der Waals surface area contributed by atoms with E-state index in [0.29, 0.717) is 16.6 Å². The third kappa shape index (κ3) is 3.21. The van der Waals surface area contributed by atoms with Gasteiger partial charge in [0.05, 0.1) is 17.1 Å². The maximum Gasteiger partial charge on any atom is 0.124 e. The van der Waals surface area contributed by atoms with Gasteiger partial charge in [-0.3, -0.25) is 0 Å². The fraction of sp³-hybridized carbons (Fsp3) is 0.188. The summed E-state index contributed by atoms with van der Waals surface area (Å²) in [5.41, 5.74) is 3.04. The second-order valence-corrected chi connectivity index (χ2v) is 5.82. The van der Waals surface area contributed by atoms with Gasteiger partial charge in [-0.15, -0.1) is 0 Å². The molecule has 108 valence electrons. The lowest BCUT2D eigenvalue weighted by Crippen LogP contribution is -2.19. The van der Waals surface area contributed by atoms with Crippen LogP contribution in [0.1, 0.15) is 24.4 Å². The SMILES string of the molecule is CC(NCc1ccc(Cl)cc1Cl)c1nc2ccccc2[nH]1. The van der Waals surface area contributed by atoms with Gasteiger partial charge in [0.1, 0.15) is 5.82 Å². The molecule has 21 heavy (non-hydrogen) atoms. The number of hydrogen-bond acceptors (Lipinski definition) is 2. The number of imidazole rings is 1. The Kier molecular flexibility index (Phi) is 4.15. The first-order chi connectivity index (χ1) is 10.1. The highest BCUT2D eigenvalue weighted by molar-refractivity contribution is 6.35. The first-order valence-corrected chi connectivity index (χ1v) is 7.51. The van der Waals surface area contributed by atoms with Gasteiger partial charge in [-0.25, -0.2) is 4.98 Å². The zero-order valence-electron chi connectivity index (χ0n) is 11.5. The van der Waals surface area contributed by atoms with Crippen molar-refractivity contribution in [3.05, 3.63) is 63.9 Å². The summed E-state index contributed by atoms with van der Waals surface area (Å²) in [6, 6.07) is 13.6. The Bertz CT molecular complexity index is 734. The van der Waals surface area contributed by atoms with Crippen LogP contribution in [0.5, 0.6) is 0 Å². The molecule has 2 N–H and O–H groups in total. The van der Waals surface area contributed by atoms with Crippen molar-refractivity contribution in [2.24, 2.45) is 0 Å². The molecule has 0 saturated carbocycles. The van der Waals surface area contributed by atoms with Gasteiger partial charge >= 0.3 is 0 Å². The molecule has 0 aliphatic heterocycles. The van der Waals surface area contributed by atoms with Crippen molar-refractivity contribution in [1.82, 2.24) is 15.3 Å². The highest BCUT2D eigenvalue weighted by Gasteiger charge is 2.11. The Labute approximate surface area is 133 Å². The molecule has 0 aliphatic carbocycles. The van der Waals surface area contributed by atoms with Gasteiger partial charge in [0.25, 0.3) is 0 Å². The van der Waals surface area contributed by atoms with Crippen molar-refractivity contribution < 1.29 is 0 Å². The quantitative estimate of drug-likeness (QED) is 0.730. The molecule has 0 radical (unpaired) electrons. The molecule has 3 aromatic rings. The van der Waals surface area contributed by atoms with Crippen molar-refractivity contribution in [3.8, 4) is 0 Å². The molecule has 0 fully saturated rings. The predicted molar refractivity (Wildman–Crippen MR) is 87.8 cm³/mol. The van der Waals surface area contributed by atoms with Crippen LogP contribution in [0.2, 0.25) is 10.0 Å². The molecular formula is C16H15Cl2N3. The maximum absolute atomic E-state index is 6.18. The van der Waals surface area contributed by atoms with E-state index < -0.39 is 0 Å². The first-order valence-electron chi connectivity index (χ1n) is 6.75. The van der Waals surface area contributed by atoms with Gasteiger partial charge in [0.15, 0.2) is 0 Å². The molecule has 0 saturated heterocycles. The summed E-state index contributed by atoms with van der Waals surface area (Å²) in [6.07, 6.45) is 0. The molecule has 2 aromatic carbocycles. The van der Waals surface area contributed by atoms with Crippen molar-refractivity contribution in [2.75, 3.05) is 0 Å². The van der Waals surface area contributed by atoms with Crippen molar-refractivity contribution >= 4 is 34.2 Å². The van der Waals surface area contributed by atoms with Crippen LogP contribution in [0.25, 0.3) is 11.0 Å². The fourth-order valence-corrected chi connectivity index (χ4v) is 2.68. The molecule has 3 nitrogen and oxygen atoms in total. The van der Waals surface area contributed by atoms with Crippen LogP contribution in [-0.4, -0.2) is 9.97 Å². The van der Waals surface area contributed by atoms with Crippen molar-refractivity contribution in [2.45, 2.75) is 19.5 Å². The van der Waals surface area contributed by atoms with Gasteiger partial charge in [0, 0.05) is 16.6 Å². The Balaban J connectivity index is 1.72. The lowest BCUT2D eigenvalue weighted by atomic mass is 10.2. The van der Waals surface area contributed by atoms with Crippen LogP contribution in [0.15, 0.2) is 42.5 Å². The van der Waals surface area contributed by atoms with E-state index >= 15 is 0 Å². The minimum absolute atomic E-state index is 0.101. The Hall–Kier alpha value is -1.55. The number of para-hydroxylation sites is 2. The average molecular weight is 320 g/mol. The van der Waals surface area contributed by atoms with E-state index in [9.17, 15) is 0 Å². The molecule has 1 unspecified atom stereocenters. The van der Waals surface area contributed by atoms with E-state index in [4.69, 9.17) is 23.2 Å². The Morgan fingerprint density at radius 2 is 2.00 bits per heavy atom. The topological polar surface area (TPSA) is 40.7 Å². The molecular weight excluding hydrogens is 305 g/mol. The highest BCUT2D eigenvalue weighted by Crippen LogP contribution is 2.22. The number of fused-ring (bicyclic) bond motifs is 1. The number of hydrogen-bond donors (Lipinski definition) is 2. The number of halogens is 2. The second kappa shape index (κ2) is 6.06. The molecule has 1 heterocycles. The number of H-pyrrole nitrogens is 1. The number of aromatic amines is 1. The van der Waals surface area contributed by atoms with Crippen LogP contribution >= 0.6 is 23.2 Å². The largest absolute Gasteiger partial charge is 0.341 e. The molecule has 1 aromatic heterocycles. The first kappa shape index (κ1) is 14.4. The maximum atomic E-state index is 6.18. The summed E-state index contributed by atoms with van der Waals surface area (Å²) >= 11 is 12.1. The van der Waals surface area contributed by atoms with Crippen LogP contribution in [0.4, 0.5) is 0 Å². The van der Waals surface area contributed by atoms with Crippen molar-refractivity contribution in [3.63, 3.8) is 0 Å². The molecule has 3 rings (SSSR count). The van der Waals surface area contributed by atoms with E-state index in [0.717, 1.165) is 22.4 Å². The summed E-state index contributed by atoms with van der Waals surface area (Å²) in [5.74, 6) is 0.918. The number of rotatable bonds is 4. The molecule has 0 bridgehead atoms. The van der Waals surface area contributed by atoms with Crippen LogP contribution in [0, 0.1) is 0 Å². The second-order valence-electron chi connectivity index (χ2n) is 4.98. The standard InChI is InChI=1S/C16H15Cl2N3/c1-10(16-20-14-4-2-3-5-15(14)21-16)19-9-11-6-7-12(17)8-13(11)18/h2-8,10,19H,9H2,1H3,(H,20,21). The predicted octanol–water partition coefficient (Wildman–Crippen LogP) is 4.72. The van der Waals surface area contributed by atoms with E-state index in [1.165, 1.54) is 0 Å². The summed E-state index contributed by atoms with van der Waals surface area (Å²) in [5, 5.41) is 4.74. The molecule has 0 amide bonds. The van der Waals surface area contributed by atoms with Crippen LogP contribution in [-0.2, 0) is 6.54 Å². The third-order valence-electron chi connectivity index (χ3n) is 3.43. The smallest absolute Gasteiger partial charge is 0.124 e. The minimum atomic E-state index is 0.101. The average Bonchev–Trinajstić information content (AvgIpc) is 2.90. The van der Waals surface area contributed by atoms with Crippen molar-refractivity contribution in [1.29, 1.82) is 0 Å². The number of nitrogens with one attached hydrogen (secondary N) is 2. The van der Waals surface area contributed by atoms with E-state index in [1.54, 1.807) is 6.07 Å². The normalized spacial score (nSPS) is 12.7. The van der Waals surface area contributed by atoms with Gasteiger partial charge < -0.3 is 10.3 Å². The molecule has 5 heteroatoms. The van der Waals surface area contributed by atoms with Crippen LogP contribution in [0.3, 0.4) is 0 Å². The van der Waals surface area contributed by atoms with Gasteiger partial charge in [-0.2, -0.15) is 0 Å². The number of benzene rings is 2. The van der Waals surface area contributed by atoms with Gasteiger partial charge in [-0.05, 0) is 36.8 Å². The lowest BCUT2D eigenvalue weighted by Gasteiger charge is -2.12. The van der Waals surface area contributed by atoms with E-state index in [2.05, 4.69) is 22.2 Å². The summed E-state index contributed by atoms with van der Waals surface area (Å²) < 4.78 is 0. The third-order valence-corrected chi connectivity index (χ3v) is 4.02. The van der Waals surface area contributed by atoms with Gasteiger partial charge in [-0.1, -0.05) is 41.4 Å². The number of aromatic nitrogens is 2. The minimum Gasteiger partial charge on any atom is -0.341 e. The highest BCUT2D eigenvalue weighted by atomic mass is 35.5. The molecule has 1 atom stereocenters. The van der Waals surface area contributed by atoms with E-state index in [-0.39, 0.29) is 6.04 Å². The zero-order chi connectivity index (χ0) is 14.8. The molecule has 0 aliphatic rings. The Morgan fingerprint density at radius 3 is 2.76 bits per heavy atom. The molecule has 0 spiro atoms. The summed E-state index contributed by atoms with van der Waals surface area (Å²) in [7, 11) is 0. The van der Waals surface area contributed by atoms with Crippen LogP contribution < -0.4 is 5.32 Å². The number of nitrogens with zero attached hydrogens (tertiary/aromatic N) is 1. The fourth-order valence-electron chi connectivity index (χ4n) is 2.20. The van der Waals surface area contributed by atoms with E-state index in [1.807, 2.05) is 36.4 Å².